The van der Waals surface area contributed by atoms with Crippen LogP contribution in [0.3, 0.4) is 0 Å². The van der Waals surface area contributed by atoms with E-state index >= 15 is 0 Å². The topological polar surface area (TPSA) is 97.4 Å². The second-order valence-electron chi connectivity index (χ2n) is 9.26. The molecule has 2 aliphatic rings. The molecular weight excluding hydrogens is 487 g/mol. The van der Waals surface area contributed by atoms with Gasteiger partial charge < -0.3 is 15.4 Å². The van der Waals surface area contributed by atoms with E-state index in [9.17, 15) is 27.6 Å². The lowest BCUT2D eigenvalue weighted by Gasteiger charge is -2.16. The minimum absolute atomic E-state index is 0.0736. The zero-order valence-electron chi connectivity index (χ0n) is 19.5. The third kappa shape index (κ3) is 5.47. The predicted molar refractivity (Wildman–Crippen MR) is 127 cm³/mol. The highest BCUT2D eigenvalue weighted by molar-refractivity contribution is 6.16. The number of halogens is 3. The van der Waals surface area contributed by atoms with E-state index < -0.39 is 46.1 Å². The van der Waals surface area contributed by atoms with Gasteiger partial charge in [-0.1, -0.05) is 0 Å². The number of ketones is 1. The van der Waals surface area contributed by atoms with E-state index in [-0.39, 0.29) is 36.7 Å². The summed E-state index contributed by atoms with van der Waals surface area (Å²) in [6.07, 6.45) is 3.76. The first-order chi connectivity index (χ1) is 17.7. The summed E-state index contributed by atoms with van der Waals surface area (Å²) in [6, 6.07) is 9.54. The van der Waals surface area contributed by atoms with Gasteiger partial charge in [-0.3, -0.25) is 19.4 Å². The lowest BCUT2D eigenvalue weighted by atomic mass is 10.0. The Morgan fingerprint density at radius 2 is 1.62 bits per heavy atom. The summed E-state index contributed by atoms with van der Waals surface area (Å²) in [7, 11) is 0. The maximum atomic E-state index is 14.8. The van der Waals surface area contributed by atoms with Crippen molar-refractivity contribution in [2.45, 2.75) is 32.1 Å². The van der Waals surface area contributed by atoms with E-state index in [4.69, 9.17) is 4.74 Å². The van der Waals surface area contributed by atoms with Crippen molar-refractivity contribution in [3.8, 4) is 11.5 Å². The summed E-state index contributed by atoms with van der Waals surface area (Å²) in [4.78, 5) is 41.6. The third-order valence-electron chi connectivity index (χ3n) is 6.40. The molecule has 2 aromatic carbocycles. The first-order valence-corrected chi connectivity index (χ1v) is 11.8. The minimum atomic E-state index is -1.43. The number of nitrogens with zero attached hydrogens (tertiary/aromatic N) is 1. The molecule has 0 saturated heterocycles. The molecule has 10 heteroatoms. The van der Waals surface area contributed by atoms with Crippen molar-refractivity contribution in [1.82, 2.24) is 4.98 Å². The Morgan fingerprint density at radius 3 is 2.30 bits per heavy atom. The van der Waals surface area contributed by atoms with Crippen LogP contribution in [-0.4, -0.2) is 22.6 Å². The number of Topliss-reactive ketones (excluding diaryl/α,β-unsaturated/α-hetero) is 1. The number of amides is 2. The van der Waals surface area contributed by atoms with Gasteiger partial charge in [0, 0.05) is 42.4 Å². The number of nitrogens with one attached hydrogen (secondary N) is 2. The average Bonchev–Trinajstić information content (AvgIpc) is 3.77. The molecule has 0 unspecified atom stereocenters. The van der Waals surface area contributed by atoms with Gasteiger partial charge in [0.05, 0.1) is 11.4 Å². The lowest BCUT2D eigenvalue weighted by molar-refractivity contribution is -0.131. The molecule has 0 aliphatic heterocycles. The highest BCUT2D eigenvalue weighted by atomic mass is 19.1. The molecule has 190 valence electrons. The highest BCUT2D eigenvalue weighted by Crippen LogP contribution is 2.47. The fourth-order valence-electron chi connectivity index (χ4n) is 3.88. The Balaban J connectivity index is 1.25. The predicted octanol–water partition coefficient (Wildman–Crippen LogP) is 5.17. The maximum Gasteiger partial charge on any atom is 0.240 e. The van der Waals surface area contributed by atoms with Crippen molar-refractivity contribution < 1.29 is 32.3 Å². The number of aromatic nitrogens is 1. The Kier molecular flexibility index (Phi) is 6.41. The van der Waals surface area contributed by atoms with Crippen LogP contribution in [0.5, 0.6) is 11.5 Å². The van der Waals surface area contributed by atoms with Gasteiger partial charge in [0.1, 0.15) is 22.8 Å². The number of anilines is 2. The van der Waals surface area contributed by atoms with Gasteiger partial charge in [0.15, 0.2) is 17.4 Å². The van der Waals surface area contributed by atoms with Gasteiger partial charge in [-0.05, 0) is 56.0 Å². The lowest BCUT2D eigenvalue weighted by Crippen LogP contribution is -2.35. The second kappa shape index (κ2) is 9.68. The van der Waals surface area contributed by atoms with E-state index in [1.165, 1.54) is 30.5 Å². The van der Waals surface area contributed by atoms with Gasteiger partial charge >= 0.3 is 0 Å². The Labute approximate surface area is 210 Å². The molecule has 5 rings (SSSR count). The van der Waals surface area contributed by atoms with Crippen LogP contribution in [0.25, 0.3) is 0 Å². The first kappa shape index (κ1) is 24.5. The van der Waals surface area contributed by atoms with Crippen molar-refractivity contribution in [3.63, 3.8) is 0 Å². The van der Waals surface area contributed by atoms with Crippen LogP contribution in [0.4, 0.5) is 24.5 Å². The zero-order valence-corrected chi connectivity index (χ0v) is 19.5. The molecular formula is C27H22F3N3O4. The summed E-state index contributed by atoms with van der Waals surface area (Å²) in [5, 5.41) is 4.84. The number of hydrogen-bond donors (Lipinski definition) is 2. The number of pyridine rings is 1. The Hall–Kier alpha value is -4.21. The number of hydrogen-bond acceptors (Lipinski definition) is 5. The largest absolute Gasteiger partial charge is 0.454 e. The Morgan fingerprint density at radius 1 is 0.919 bits per heavy atom. The number of carbonyl (C=O) groups is 3. The van der Waals surface area contributed by atoms with Crippen LogP contribution in [-0.2, 0) is 20.8 Å². The van der Waals surface area contributed by atoms with Crippen LogP contribution in [0.2, 0.25) is 0 Å². The van der Waals surface area contributed by atoms with Crippen molar-refractivity contribution >= 4 is 29.0 Å². The molecule has 1 aromatic heterocycles. The van der Waals surface area contributed by atoms with Crippen molar-refractivity contribution in [3.05, 3.63) is 77.9 Å². The second-order valence-corrected chi connectivity index (χ2v) is 9.26. The molecule has 2 saturated carbocycles. The Bertz CT molecular complexity index is 1390. The van der Waals surface area contributed by atoms with E-state index in [2.05, 4.69) is 15.6 Å². The van der Waals surface area contributed by atoms with Gasteiger partial charge in [0.2, 0.25) is 11.8 Å². The molecule has 3 aromatic rings. The van der Waals surface area contributed by atoms with Gasteiger partial charge in [-0.25, -0.2) is 13.2 Å². The van der Waals surface area contributed by atoms with Gasteiger partial charge in [-0.15, -0.1) is 0 Å². The highest BCUT2D eigenvalue weighted by Gasteiger charge is 2.56. The van der Waals surface area contributed by atoms with Crippen LogP contribution in [0, 0.1) is 28.8 Å². The SMILES string of the molecule is O=C(Cc1cc(Oc2cc(F)c(NC(=O)C3(C(=O)Nc4ccc(F)cc4)CC3)cc2F)ccn1)C1CC1. The molecule has 2 N–H and O–H groups in total. The van der Waals surface area contributed by atoms with E-state index in [1.54, 1.807) is 0 Å². The van der Waals surface area contributed by atoms with Gasteiger partial charge in [-0.2, -0.15) is 0 Å². The molecule has 7 nitrogen and oxygen atoms in total. The molecule has 0 bridgehead atoms. The molecule has 2 fully saturated rings. The number of carbonyl (C=O) groups excluding carboxylic acids is 3. The number of benzene rings is 2. The normalized spacial score (nSPS) is 15.5. The molecule has 0 spiro atoms. The minimum Gasteiger partial charge on any atom is -0.454 e. The molecule has 37 heavy (non-hydrogen) atoms. The maximum absolute atomic E-state index is 14.8. The summed E-state index contributed by atoms with van der Waals surface area (Å²) in [6.45, 7) is 0. The molecule has 2 amide bonds. The fourth-order valence-corrected chi connectivity index (χ4v) is 3.88. The number of ether oxygens (including phenoxy) is 1. The smallest absolute Gasteiger partial charge is 0.240 e. The number of rotatable bonds is 9. The third-order valence-corrected chi connectivity index (χ3v) is 6.40. The molecule has 1 heterocycles. The summed E-state index contributed by atoms with van der Waals surface area (Å²) in [5.74, 6) is -3.86. The first-order valence-electron chi connectivity index (χ1n) is 11.8. The quantitative estimate of drug-likeness (QED) is 0.388. The molecule has 0 atom stereocenters. The van der Waals surface area contributed by atoms with E-state index in [1.807, 2.05) is 0 Å². The van der Waals surface area contributed by atoms with Crippen molar-refractivity contribution in [1.29, 1.82) is 0 Å². The van der Waals surface area contributed by atoms with Crippen LogP contribution >= 0.6 is 0 Å². The summed E-state index contributed by atoms with van der Waals surface area (Å²) < 4.78 is 48.1. The van der Waals surface area contributed by atoms with Crippen LogP contribution in [0.1, 0.15) is 31.4 Å². The van der Waals surface area contributed by atoms with E-state index in [0.717, 1.165) is 37.1 Å². The molecule has 2 aliphatic carbocycles. The summed E-state index contributed by atoms with van der Waals surface area (Å²) >= 11 is 0. The van der Waals surface area contributed by atoms with Crippen molar-refractivity contribution in [2.24, 2.45) is 11.3 Å². The average molecular weight is 509 g/mol. The monoisotopic (exact) mass is 509 g/mol. The van der Waals surface area contributed by atoms with Gasteiger partial charge in [0.25, 0.3) is 0 Å². The fraction of sp³-hybridized carbons (Fsp3) is 0.259. The van der Waals surface area contributed by atoms with Crippen molar-refractivity contribution in [2.75, 3.05) is 10.6 Å². The standard InChI is InChI=1S/C27H22F3N3O4/c28-16-3-5-17(6-4-16)32-25(35)27(8-9-27)26(36)33-22-13-21(30)24(14-20(22)29)37-19-7-10-31-18(11-19)12-23(34)15-1-2-15/h3-7,10-11,13-15H,1-2,8-9,12H2,(H,32,35)(H,33,36). The van der Waals surface area contributed by atoms with E-state index in [0.29, 0.717) is 11.4 Å². The summed E-state index contributed by atoms with van der Waals surface area (Å²) in [5.41, 5.74) is -1.10. The molecule has 0 radical (unpaired) electrons. The van der Waals surface area contributed by atoms with Crippen LogP contribution < -0.4 is 15.4 Å². The zero-order chi connectivity index (χ0) is 26.2. The van der Waals surface area contributed by atoms with Crippen LogP contribution in [0.15, 0.2) is 54.7 Å².